The van der Waals surface area contributed by atoms with Gasteiger partial charge < -0.3 is 5.11 Å². The first-order valence-electron chi connectivity index (χ1n) is 12.4. The highest BCUT2D eigenvalue weighted by molar-refractivity contribution is 5.76. The lowest BCUT2D eigenvalue weighted by molar-refractivity contribution is 0.120. The van der Waals surface area contributed by atoms with Gasteiger partial charge in [-0.3, -0.25) is 14.0 Å². The first kappa shape index (κ1) is 20.3. The molecule has 0 bridgehead atoms. The maximum Gasteiger partial charge on any atom is 0.329 e. The number of nitrogens with zero attached hydrogens (tertiary/aromatic N) is 3. The largest absolute Gasteiger partial charge is 0.396 e. The number of aromatic nitrogens is 2. The summed E-state index contributed by atoms with van der Waals surface area (Å²) < 4.78 is 3.90. The highest BCUT2D eigenvalue weighted by Crippen LogP contribution is 2.48. The number of para-hydroxylation sites is 2. The zero-order valence-corrected chi connectivity index (χ0v) is 18.7. The molecule has 1 fully saturated rings. The van der Waals surface area contributed by atoms with Crippen molar-refractivity contribution in [2.45, 2.75) is 69.5 Å². The highest BCUT2D eigenvalue weighted by Gasteiger charge is 2.36. The monoisotopic (exact) mass is 431 g/mol. The molecule has 2 aliphatic carbocycles. The van der Waals surface area contributed by atoms with E-state index < -0.39 is 0 Å². The van der Waals surface area contributed by atoms with Crippen LogP contribution in [0, 0.1) is 0 Å². The second-order valence-electron chi connectivity index (χ2n) is 9.89. The van der Waals surface area contributed by atoms with Crippen molar-refractivity contribution in [2.24, 2.45) is 0 Å². The normalized spacial score (nSPS) is 23.7. The number of aliphatic hydroxyl groups is 1. The van der Waals surface area contributed by atoms with Crippen LogP contribution >= 0.6 is 0 Å². The molecule has 0 spiro atoms. The Bertz CT molecular complexity index is 1190. The van der Waals surface area contributed by atoms with Crippen LogP contribution in [0.4, 0.5) is 0 Å². The number of aryl methyl sites for hydroxylation is 2. The molecule has 0 saturated carbocycles. The first-order valence-corrected chi connectivity index (χ1v) is 12.4. The van der Waals surface area contributed by atoms with Crippen LogP contribution in [0.2, 0.25) is 0 Å². The van der Waals surface area contributed by atoms with E-state index in [1.807, 2.05) is 27.3 Å². The lowest BCUT2D eigenvalue weighted by Gasteiger charge is -2.41. The number of aliphatic hydroxyl groups excluding tert-OH is 1. The van der Waals surface area contributed by atoms with Gasteiger partial charge in [-0.15, -0.1) is 0 Å². The number of imidazole rings is 1. The van der Waals surface area contributed by atoms with Gasteiger partial charge in [-0.2, -0.15) is 0 Å². The van der Waals surface area contributed by atoms with E-state index in [9.17, 15) is 9.90 Å². The number of piperidine rings is 1. The molecule has 1 aliphatic heterocycles. The fourth-order valence-electron chi connectivity index (χ4n) is 6.78. The SMILES string of the molecule is O=c1n(CCCO)c2ccccc2n1C1CCN(C2CCC3CCc4cccc2c43)CC1. The summed E-state index contributed by atoms with van der Waals surface area (Å²) in [5.41, 5.74) is 6.97. The fourth-order valence-corrected chi connectivity index (χ4v) is 6.78. The third-order valence-corrected chi connectivity index (χ3v) is 8.26. The van der Waals surface area contributed by atoms with E-state index in [1.54, 1.807) is 16.7 Å². The van der Waals surface area contributed by atoms with Crippen molar-refractivity contribution in [3.63, 3.8) is 0 Å². The van der Waals surface area contributed by atoms with Crippen LogP contribution in [0.15, 0.2) is 47.3 Å². The Balaban J connectivity index is 1.25. The van der Waals surface area contributed by atoms with Gasteiger partial charge in [0.2, 0.25) is 0 Å². The molecule has 2 heterocycles. The topological polar surface area (TPSA) is 50.4 Å². The molecule has 3 aromatic rings. The molecule has 3 aliphatic rings. The van der Waals surface area contributed by atoms with Crippen molar-refractivity contribution in [3.05, 3.63) is 69.6 Å². The molecule has 0 radical (unpaired) electrons. The molecule has 2 aromatic carbocycles. The van der Waals surface area contributed by atoms with E-state index in [0.29, 0.717) is 19.0 Å². The fraction of sp³-hybridized carbons (Fsp3) is 0.519. The van der Waals surface area contributed by atoms with Gasteiger partial charge in [-0.1, -0.05) is 30.3 Å². The average Bonchev–Trinajstić information content (AvgIpc) is 3.38. The average molecular weight is 432 g/mol. The van der Waals surface area contributed by atoms with Gasteiger partial charge in [-0.05, 0) is 79.7 Å². The molecule has 2 atom stereocenters. The number of benzene rings is 2. The van der Waals surface area contributed by atoms with Crippen molar-refractivity contribution < 1.29 is 5.11 Å². The molecule has 168 valence electrons. The van der Waals surface area contributed by atoms with Gasteiger partial charge in [0.15, 0.2) is 0 Å². The van der Waals surface area contributed by atoms with Gasteiger partial charge in [0, 0.05) is 38.3 Å². The molecule has 1 saturated heterocycles. The molecule has 1 aromatic heterocycles. The Morgan fingerprint density at radius 1 is 0.906 bits per heavy atom. The van der Waals surface area contributed by atoms with E-state index >= 15 is 0 Å². The molecular weight excluding hydrogens is 398 g/mol. The first-order chi connectivity index (χ1) is 15.8. The predicted octanol–water partition coefficient (Wildman–Crippen LogP) is 4.39. The molecule has 5 heteroatoms. The number of fused-ring (bicyclic) bond motifs is 1. The van der Waals surface area contributed by atoms with Crippen LogP contribution in [-0.2, 0) is 13.0 Å². The Labute approximate surface area is 189 Å². The van der Waals surface area contributed by atoms with E-state index in [0.717, 1.165) is 42.9 Å². The predicted molar refractivity (Wildman–Crippen MR) is 127 cm³/mol. The maximum atomic E-state index is 13.4. The zero-order valence-electron chi connectivity index (χ0n) is 18.7. The minimum absolute atomic E-state index is 0.0829. The summed E-state index contributed by atoms with van der Waals surface area (Å²) in [7, 11) is 0. The molecular formula is C27H33N3O2. The van der Waals surface area contributed by atoms with Gasteiger partial charge in [-0.25, -0.2) is 4.79 Å². The summed E-state index contributed by atoms with van der Waals surface area (Å²) >= 11 is 0. The van der Waals surface area contributed by atoms with E-state index in [1.165, 1.54) is 25.7 Å². The Morgan fingerprint density at radius 2 is 1.72 bits per heavy atom. The quantitative estimate of drug-likeness (QED) is 0.652. The van der Waals surface area contributed by atoms with Gasteiger partial charge in [0.1, 0.15) is 0 Å². The van der Waals surface area contributed by atoms with Crippen molar-refractivity contribution in [1.29, 1.82) is 0 Å². The van der Waals surface area contributed by atoms with Gasteiger partial charge in [0.05, 0.1) is 11.0 Å². The lowest BCUT2D eigenvalue weighted by Crippen LogP contribution is -2.40. The number of likely N-dealkylation sites (tertiary alicyclic amines) is 1. The van der Waals surface area contributed by atoms with Crippen LogP contribution in [0.25, 0.3) is 11.0 Å². The maximum absolute atomic E-state index is 13.4. The van der Waals surface area contributed by atoms with Crippen molar-refractivity contribution in [3.8, 4) is 0 Å². The Hall–Kier alpha value is -2.37. The third-order valence-electron chi connectivity index (χ3n) is 8.26. The number of hydrogen-bond donors (Lipinski definition) is 1. The van der Waals surface area contributed by atoms with Crippen LogP contribution in [0.1, 0.15) is 73.2 Å². The Morgan fingerprint density at radius 3 is 2.53 bits per heavy atom. The van der Waals surface area contributed by atoms with Crippen LogP contribution < -0.4 is 5.69 Å². The highest BCUT2D eigenvalue weighted by atomic mass is 16.3. The smallest absolute Gasteiger partial charge is 0.329 e. The van der Waals surface area contributed by atoms with Crippen LogP contribution in [-0.4, -0.2) is 38.8 Å². The van der Waals surface area contributed by atoms with Gasteiger partial charge >= 0.3 is 5.69 Å². The van der Waals surface area contributed by atoms with Crippen molar-refractivity contribution >= 4 is 11.0 Å². The summed E-state index contributed by atoms with van der Waals surface area (Å²) in [6, 6.07) is 15.9. The van der Waals surface area contributed by atoms with Crippen molar-refractivity contribution in [1.82, 2.24) is 14.0 Å². The summed E-state index contributed by atoms with van der Waals surface area (Å²) in [4.78, 5) is 16.0. The zero-order chi connectivity index (χ0) is 21.7. The lowest BCUT2D eigenvalue weighted by atomic mass is 9.80. The summed E-state index contributed by atoms with van der Waals surface area (Å²) in [6.07, 6.45) is 7.83. The van der Waals surface area contributed by atoms with E-state index in [-0.39, 0.29) is 18.3 Å². The van der Waals surface area contributed by atoms with E-state index in [4.69, 9.17) is 0 Å². The molecule has 6 rings (SSSR count). The molecule has 0 amide bonds. The number of rotatable bonds is 5. The standard InChI is InChI=1S/C27H33N3O2/c31-18-4-15-29-24-7-1-2-8-25(24)30(27(29)32)21-13-16-28(17-14-21)23-12-11-20-10-9-19-5-3-6-22(23)26(19)20/h1-3,5-8,20-21,23,31H,4,9-18H2. The Kier molecular flexibility index (Phi) is 5.19. The molecule has 5 nitrogen and oxygen atoms in total. The van der Waals surface area contributed by atoms with E-state index in [2.05, 4.69) is 29.2 Å². The second kappa shape index (κ2) is 8.20. The summed E-state index contributed by atoms with van der Waals surface area (Å²) in [5, 5.41) is 9.28. The minimum atomic E-state index is 0.0829. The molecule has 2 unspecified atom stereocenters. The van der Waals surface area contributed by atoms with Crippen LogP contribution in [0.3, 0.4) is 0 Å². The summed E-state index contributed by atoms with van der Waals surface area (Å²) in [6.45, 7) is 2.78. The molecule has 1 N–H and O–H groups in total. The minimum Gasteiger partial charge on any atom is -0.396 e. The third kappa shape index (κ3) is 3.17. The second-order valence-corrected chi connectivity index (χ2v) is 9.89. The molecule has 32 heavy (non-hydrogen) atoms. The van der Waals surface area contributed by atoms with Gasteiger partial charge in [0.25, 0.3) is 0 Å². The van der Waals surface area contributed by atoms with Crippen molar-refractivity contribution in [2.75, 3.05) is 19.7 Å². The summed E-state index contributed by atoms with van der Waals surface area (Å²) in [5.74, 6) is 0.790. The van der Waals surface area contributed by atoms with Crippen LogP contribution in [0.5, 0.6) is 0 Å². The number of hydrogen-bond acceptors (Lipinski definition) is 3.